The van der Waals surface area contributed by atoms with Crippen molar-refractivity contribution < 1.29 is 13.2 Å². The number of rotatable bonds is 7. The Hall–Kier alpha value is -1.11. The molecule has 158 valence electrons. The van der Waals surface area contributed by atoms with Crippen molar-refractivity contribution in [3.63, 3.8) is 0 Å². The maximum Gasteiger partial charge on any atom is 0.241 e. The van der Waals surface area contributed by atoms with Gasteiger partial charge in [-0.15, -0.1) is 0 Å². The van der Waals surface area contributed by atoms with Crippen LogP contribution in [-0.2, 0) is 14.8 Å². The Kier molecular flexibility index (Phi) is 7.56. The van der Waals surface area contributed by atoms with Crippen molar-refractivity contribution in [1.29, 1.82) is 0 Å². The summed E-state index contributed by atoms with van der Waals surface area (Å²) in [6.45, 7) is 9.24. The Bertz CT molecular complexity index is 800. The molecule has 7 heteroatoms. The number of nitrogens with one attached hydrogen (secondary N) is 1. The van der Waals surface area contributed by atoms with Crippen molar-refractivity contribution >= 4 is 27.5 Å². The van der Waals surface area contributed by atoms with Crippen molar-refractivity contribution in [2.75, 3.05) is 0 Å². The van der Waals surface area contributed by atoms with Crippen LogP contribution in [0.25, 0.3) is 0 Å². The van der Waals surface area contributed by atoms with E-state index in [9.17, 15) is 13.2 Å². The maximum atomic E-state index is 13.1. The molecule has 1 aromatic carbocycles. The van der Waals surface area contributed by atoms with Crippen LogP contribution in [0, 0.1) is 6.92 Å². The Morgan fingerprint density at radius 3 is 2.43 bits per heavy atom. The lowest BCUT2D eigenvalue weighted by molar-refractivity contribution is -0.137. The van der Waals surface area contributed by atoms with E-state index in [0.29, 0.717) is 10.6 Å². The van der Waals surface area contributed by atoms with Gasteiger partial charge in [0.05, 0.1) is 4.90 Å². The molecular formula is C21H33ClN2O3S. The number of benzene rings is 1. The molecule has 0 unspecified atom stereocenters. The lowest BCUT2D eigenvalue weighted by atomic mass is 9.92. The van der Waals surface area contributed by atoms with Crippen molar-refractivity contribution in [3.05, 3.63) is 28.8 Å². The minimum atomic E-state index is -3.79. The first-order chi connectivity index (χ1) is 12.9. The topological polar surface area (TPSA) is 66.5 Å². The molecule has 5 nitrogen and oxygen atoms in total. The summed E-state index contributed by atoms with van der Waals surface area (Å²) in [5.41, 5.74) is -0.406. The number of hydrogen-bond donors (Lipinski definition) is 1. The van der Waals surface area contributed by atoms with E-state index >= 15 is 0 Å². The molecule has 1 fully saturated rings. The molecule has 0 radical (unpaired) electrons. The van der Waals surface area contributed by atoms with E-state index in [1.54, 1.807) is 32.9 Å². The Morgan fingerprint density at radius 1 is 1.25 bits per heavy atom. The zero-order chi connectivity index (χ0) is 21.1. The number of carbonyl (C=O) groups is 1. The second kappa shape index (κ2) is 9.14. The van der Waals surface area contributed by atoms with Gasteiger partial charge in [-0.25, -0.2) is 13.1 Å². The van der Waals surface area contributed by atoms with Crippen LogP contribution in [0.5, 0.6) is 0 Å². The van der Waals surface area contributed by atoms with Crippen LogP contribution in [0.4, 0.5) is 0 Å². The quantitative estimate of drug-likeness (QED) is 0.686. The minimum absolute atomic E-state index is 0.00239. The molecule has 0 spiro atoms. The van der Waals surface area contributed by atoms with Crippen LogP contribution in [0.3, 0.4) is 0 Å². The van der Waals surface area contributed by atoms with Crippen LogP contribution in [0.15, 0.2) is 23.1 Å². The van der Waals surface area contributed by atoms with Gasteiger partial charge >= 0.3 is 0 Å². The molecule has 1 aliphatic carbocycles. The molecule has 1 amide bonds. The second-order valence-corrected chi connectivity index (χ2v) is 10.8. The summed E-state index contributed by atoms with van der Waals surface area (Å²) < 4.78 is 28.5. The molecule has 28 heavy (non-hydrogen) atoms. The number of sulfonamides is 1. The van der Waals surface area contributed by atoms with Gasteiger partial charge in [-0.2, -0.15) is 0 Å². The smallest absolute Gasteiger partial charge is 0.241 e. The monoisotopic (exact) mass is 428 g/mol. The molecular weight excluding hydrogens is 396 g/mol. The molecule has 0 bridgehead atoms. The van der Waals surface area contributed by atoms with Crippen molar-refractivity contribution in [2.24, 2.45) is 0 Å². The minimum Gasteiger partial charge on any atom is -0.337 e. The summed E-state index contributed by atoms with van der Waals surface area (Å²) in [4.78, 5) is 15.2. The van der Waals surface area contributed by atoms with E-state index in [-0.39, 0.29) is 29.3 Å². The average Bonchev–Trinajstić information content (AvgIpc) is 2.56. The highest BCUT2D eigenvalue weighted by atomic mass is 35.5. The van der Waals surface area contributed by atoms with Gasteiger partial charge in [0.1, 0.15) is 0 Å². The van der Waals surface area contributed by atoms with E-state index < -0.39 is 15.6 Å². The van der Waals surface area contributed by atoms with Gasteiger partial charge in [-0.05, 0) is 65.2 Å². The number of hydrogen-bond acceptors (Lipinski definition) is 3. The van der Waals surface area contributed by atoms with E-state index in [1.165, 1.54) is 12.5 Å². The number of nitrogens with zero attached hydrogens (tertiary/aromatic N) is 1. The van der Waals surface area contributed by atoms with Gasteiger partial charge < -0.3 is 4.90 Å². The lowest BCUT2D eigenvalue weighted by Gasteiger charge is -2.39. The summed E-state index contributed by atoms with van der Waals surface area (Å²) in [6.07, 6.45) is 5.67. The van der Waals surface area contributed by atoms with Crippen LogP contribution < -0.4 is 4.72 Å². The molecule has 0 atom stereocenters. The predicted molar refractivity (Wildman–Crippen MR) is 114 cm³/mol. The van der Waals surface area contributed by atoms with Gasteiger partial charge in [0.25, 0.3) is 0 Å². The van der Waals surface area contributed by atoms with E-state index in [0.717, 1.165) is 25.7 Å². The Labute approximate surface area is 174 Å². The Morgan fingerprint density at radius 2 is 1.86 bits per heavy atom. The summed E-state index contributed by atoms with van der Waals surface area (Å²) in [6, 6.07) is 5.16. The molecule has 0 aliphatic heterocycles. The highest BCUT2D eigenvalue weighted by Gasteiger charge is 2.34. The molecule has 2 rings (SSSR count). The third kappa shape index (κ3) is 5.71. The fourth-order valence-corrected chi connectivity index (χ4v) is 5.99. The first-order valence-electron chi connectivity index (χ1n) is 10.0. The fourth-order valence-electron chi connectivity index (χ4n) is 4.08. The van der Waals surface area contributed by atoms with E-state index in [1.807, 2.05) is 18.7 Å². The highest BCUT2D eigenvalue weighted by molar-refractivity contribution is 7.89. The standard InChI is InChI=1S/C21H33ClN2O3S/c1-15(2)24(17-10-7-6-8-11-17)20(25)14-21(4,5)23-28(26,27)19-13-9-12-18(22)16(19)3/h9,12-13,15,17,23H,6-8,10-11,14H2,1-5H3. The van der Waals surface area contributed by atoms with Gasteiger partial charge in [0, 0.05) is 29.1 Å². The van der Waals surface area contributed by atoms with Crippen LogP contribution in [-0.4, -0.2) is 36.8 Å². The van der Waals surface area contributed by atoms with Gasteiger partial charge in [-0.3, -0.25) is 4.79 Å². The Balaban J connectivity index is 2.16. The number of carbonyl (C=O) groups excluding carboxylic acids is 1. The molecule has 1 N–H and O–H groups in total. The van der Waals surface area contributed by atoms with E-state index in [2.05, 4.69) is 4.72 Å². The average molecular weight is 429 g/mol. The SMILES string of the molecule is Cc1c(Cl)cccc1S(=O)(=O)NC(C)(C)CC(=O)N(C(C)C)C1CCCCC1. The normalized spacial score (nSPS) is 16.4. The lowest BCUT2D eigenvalue weighted by Crippen LogP contribution is -2.51. The molecule has 1 aromatic rings. The van der Waals surface area contributed by atoms with Crippen LogP contribution in [0.2, 0.25) is 5.02 Å². The fraction of sp³-hybridized carbons (Fsp3) is 0.667. The van der Waals surface area contributed by atoms with Gasteiger partial charge in [-0.1, -0.05) is 36.9 Å². The predicted octanol–water partition coefficient (Wildman–Crippen LogP) is 4.67. The third-order valence-electron chi connectivity index (χ3n) is 5.32. The van der Waals surface area contributed by atoms with Gasteiger partial charge in [0.2, 0.25) is 15.9 Å². The number of halogens is 1. The molecule has 0 heterocycles. The second-order valence-electron chi connectivity index (χ2n) is 8.72. The van der Waals surface area contributed by atoms with Crippen LogP contribution in [0.1, 0.15) is 71.8 Å². The summed E-state index contributed by atoms with van der Waals surface area (Å²) in [5, 5.41) is 0.403. The molecule has 1 saturated carbocycles. The molecule has 0 saturated heterocycles. The first kappa shape index (κ1) is 23.2. The van der Waals surface area contributed by atoms with Crippen molar-refractivity contribution in [3.8, 4) is 0 Å². The molecule has 0 aromatic heterocycles. The van der Waals surface area contributed by atoms with E-state index in [4.69, 9.17) is 11.6 Å². The van der Waals surface area contributed by atoms with Gasteiger partial charge in [0.15, 0.2) is 0 Å². The van der Waals surface area contributed by atoms with Crippen molar-refractivity contribution in [2.45, 2.75) is 95.7 Å². The summed E-state index contributed by atoms with van der Waals surface area (Å²) in [5.74, 6) is -0.00239. The summed E-state index contributed by atoms with van der Waals surface area (Å²) >= 11 is 6.08. The third-order valence-corrected chi connectivity index (χ3v) is 7.58. The van der Waals surface area contributed by atoms with Crippen LogP contribution >= 0.6 is 11.6 Å². The first-order valence-corrected chi connectivity index (χ1v) is 11.9. The number of amides is 1. The molecule has 1 aliphatic rings. The largest absolute Gasteiger partial charge is 0.337 e. The maximum absolute atomic E-state index is 13.1. The summed E-state index contributed by atoms with van der Waals surface area (Å²) in [7, 11) is -3.79. The zero-order valence-corrected chi connectivity index (χ0v) is 19.2. The van der Waals surface area contributed by atoms with Crippen molar-refractivity contribution in [1.82, 2.24) is 9.62 Å². The highest BCUT2D eigenvalue weighted by Crippen LogP contribution is 2.28. The zero-order valence-electron chi connectivity index (χ0n) is 17.6.